The van der Waals surface area contributed by atoms with E-state index >= 15 is 0 Å². The molecule has 0 atom stereocenters. The number of phenols is 1. The van der Waals surface area contributed by atoms with Crippen molar-refractivity contribution in [1.29, 1.82) is 0 Å². The van der Waals surface area contributed by atoms with Crippen LogP contribution in [0.25, 0.3) is 27.8 Å². The highest BCUT2D eigenvalue weighted by molar-refractivity contribution is 7.99. The van der Waals surface area contributed by atoms with Crippen LogP contribution >= 0.6 is 23.4 Å². The minimum absolute atomic E-state index is 0.0729. The first kappa shape index (κ1) is 24.5. The lowest BCUT2D eigenvalue weighted by Crippen LogP contribution is -2.20. The quantitative estimate of drug-likeness (QED) is 0.154. The number of thioether (sulfide) groups is 1. The Kier molecular flexibility index (Phi) is 7.20. The maximum atomic E-state index is 12.6. The number of aromatic hydroxyl groups is 1. The van der Waals surface area contributed by atoms with Crippen molar-refractivity contribution in [2.24, 2.45) is 5.10 Å². The second-order valence-electron chi connectivity index (χ2n) is 8.29. The Labute approximate surface area is 222 Å². The topological polar surface area (TPSA) is 92.4 Å². The number of aromatic nitrogens is 3. The van der Waals surface area contributed by atoms with Gasteiger partial charge < -0.3 is 5.11 Å². The number of hydrazone groups is 1. The van der Waals surface area contributed by atoms with Crippen LogP contribution in [0.15, 0.2) is 95.2 Å². The van der Waals surface area contributed by atoms with E-state index in [1.54, 1.807) is 18.2 Å². The zero-order valence-corrected chi connectivity index (χ0v) is 21.4. The third-order valence-electron chi connectivity index (χ3n) is 5.69. The van der Waals surface area contributed by atoms with Gasteiger partial charge in [-0.1, -0.05) is 71.4 Å². The van der Waals surface area contributed by atoms with Crippen molar-refractivity contribution < 1.29 is 9.90 Å². The van der Waals surface area contributed by atoms with E-state index in [9.17, 15) is 9.90 Å². The zero-order chi connectivity index (χ0) is 25.8. The van der Waals surface area contributed by atoms with Crippen LogP contribution in [0.4, 0.5) is 0 Å². The normalized spacial score (nSPS) is 11.3. The lowest BCUT2D eigenvalue weighted by Gasteiger charge is -2.11. The molecule has 0 spiro atoms. The molecule has 1 amide bonds. The summed E-state index contributed by atoms with van der Waals surface area (Å²) in [6, 6.07) is 26.5. The third kappa shape index (κ3) is 5.50. The van der Waals surface area contributed by atoms with Gasteiger partial charge in [0.1, 0.15) is 5.75 Å². The van der Waals surface area contributed by atoms with Gasteiger partial charge in [-0.05, 0) is 60.2 Å². The summed E-state index contributed by atoms with van der Waals surface area (Å²) < 4.78 is 1.91. The summed E-state index contributed by atoms with van der Waals surface area (Å²) in [4.78, 5) is 12.6. The van der Waals surface area contributed by atoms with Gasteiger partial charge in [0, 0.05) is 21.8 Å². The molecule has 0 saturated carbocycles. The van der Waals surface area contributed by atoms with Crippen molar-refractivity contribution >= 4 is 46.3 Å². The molecule has 0 bridgehead atoms. The number of carbonyl (C=O) groups is 1. The fourth-order valence-electron chi connectivity index (χ4n) is 3.83. The van der Waals surface area contributed by atoms with Crippen molar-refractivity contribution in [3.8, 4) is 22.8 Å². The molecule has 5 aromatic rings. The first-order chi connectivity index (χ1) is 18.0. The first-order valence-corrected chi connectivity index (χ1v) is 12.8. The molecule has 9 heteroatoms. The SMILES string of the molecule is Cc1ccc(-n2c(SCC(=O)N/N=C/c3c(O)ccc4ccccc34)nnc2-c2ccc(Cl)cc2)cc1. The molecule has 0 radical (unpaired) electrons. The Balaban J connectivity index is 1.34. The molecule has 0 unspecified atom stereocenters. The van der Waals surface area contributed by atoms with Gasteiger partial charge >= 0.3 is 0 Å². The molecule has 0 saturated heterocycles. The Bertz CT molecular complexity index is 1600. The fourth-order valence-corrected chi connectivity index (χ4v) is 4.70. The van der Waals surface area contributed by atoms with E-state index in [1.165, 1.54) is 18.0 Å². The van der Waals surface area contributed by atoms with Crippen molar-refractivity contribution in [1.82, 2.24) is 20.2 Å². The number of hydrogen-bond acceptors (Lipinski definition) is 6. The Morgan fingerprint density at radius 3 is 2.57 bits per heavy atom. The minimum Gasteiger partial charge on any atom is -0.507 e. The zero-order valence-electron chi connectivity index (χ0n) is 19.8. The number of nitrogens with one attached hydrogen (secondary N) is 1. The number of fused-ring (bicyclic) bond motifs is 1. The first-order valence-electron chi connectivity index (χ1n) is 11.4. The molecule has 7 nitrogen and oxygen atoms in total. The molecule has 0 aliphatic heterocycles. The Hall–Kier alpha value is -4.14. The van der Waals surface area contributed by atoms with Gasteiger partial charge in [0.25, 0.3) is 5.91 Å². The van der Waals surface area contributed by atoms with E-state index in [1.807, 2.05) is 78.2 Å². The number of carbonyl (C=O) groups excluding carboxylic acids is 1. The van der Waals surface area contributed by atoms with E-state index < -0.39 is 0 Å². The van der Waals surface area contributed by atoms with Crippen molar-refractivity contribution in [2.45, 2.75) is 12.1 Å². The largest absolute Gasteiger partial charge is 0.507 e. The predicted molar refractivity (Wildman–Crippen MR) is 149 cm³/mol. The number of phenolic OH excluding ortho intramolecular Hbond substituents is 1. The monoisotopic (exact) mass is 527 g/mol. The molecule has 0 aliphatic rings. The molecule has 1 aromatic heterocycles. The van der Waals surface area contributed by atoms with Crippen molar-refractivity contribution in [3.05, 3.63) is 101 Å². The number of nitrogens with zero attached hydrogens (tertiary/aromatic N) is 4. The van der Waals surface area contributed by atoms with E-state index in [-0.39, 0.29) is 17.4 Å². The average molecular weight is 528 g/mol. The van der Waals surface area contributed by atoms with Gasteiger partial charge in [-0.3, -0.25) is 9.36 Å². The van der Waals surface area contributed by atoms with E-state index in [2.05, 4.69) is 20.7 Å². The molecule has 4 aromatic carbocycles. The lowest BCUT2D eigenvalue weighted by atomic mass is 10.0. The van der Waals surface area contributed by atoms with Gasteiger partial charge in [-0.25, -0.2) is 5.43 Å². The van der Waals surface area contributed by atoms with Crippen molar-refractivity contribution in [3.63, 3.8) is 0 Å². The molecule has 0 aliphatic carbocycles. The summed E-state index contributed by atoms with van der Waals surface area (Å²) in [5, 5.41) is 26.1. The van der Waals surface area contributed by atoms with Crippen LogP contribution in [0.1, 0.15) is 11.1 Å². The predicted octanol–water partition coefficient (Wildman–Crippen LogP) is 6.00. The summed E-state index contributed by atoms with van der Waals surface area (Å²) in [5.74, 6) is 0.496. The Morgan fingerprint density at radius 2 is 1.78 bits per heavy atom. The summed E-state index contributed by atoms with van der Waals surface area (Å²) in [5.41, 5.74) is 5.94. The standard InChI is InChI=1S/C28H22ClN5O2S/c1-18-6-13-22(14-7-18)34-27(20-8-11-21(29)12-9-20)32-33-28(34)37-17-26(36)31-30-16-24-23-5-3-2-4-19(23)10-15-25(24)35/h2-16,35H,17H2,1H3,(H,31,36)/b30-16+. The number of aryl methyl sites for hydroxylation is 1. The van der Waals surface area contributed by atoms with Crippen LogP contribution in [-0.4, -0.2) is 37.7 Å². The molecule has 5 rings (SSSR count). The minimum atomic E-state index is -0.313. The maximum Gasteiger partial charge on any atom is 0.250 e. The van der Waals surface area contributed by atoms with Gasteiger partial charge in [-0.2, -0.15) is 5.10 Å². The van der Waals surface area contributed by atoms with Crippen LogP contribution in [-0.2, 0) is 4.79 Å². The average Bonchev–Trinajstić information content (AvgIpc) is 3.33. The Morgan fingerprint density at radius 1 is 1.03 bits per heavy atom. The van der Waals surface area contributed by atoms with Gasteiger partial charge in [0.15, 0.2) is 11.0 Å². The summed E-state index contributed by atoms with van der Waals surface area (Å²) in [6.45, 7) is 2.02. The van der Waals surface area contributed by atoms with Gasteiger partial charge in [0.2, 0.25) is 0 Å². The third-order valence-corrected chi connectivity index (χ3v) is 6.87. The van der Waals surface area contributed by atoms with Crippen LogP contribution in [0.2, 0.25) is 5.02 Å². The number of hydrogen-bond donors (Lipinski definition) is 2. The van der Waals surface area contributed by atoms with Crippen LogP contribution in [0.5, 0.6) is 5.75 Å². The van der Waals surface area contributed by atoms with Gasteiger partial charge in [-0.15, -0.1) is 10.2 Å². The molecule has 1 heterocycles. The van der Waals surface area contributed by atoms with Crippen LogP contribution in [0, 0.1) is 6.92 Å². The maximum absolute atomic E-state index is 12.6. The molecule has 0 fully saturated rings. The van der Waals surface area contributed by atoms with Crippen LogP contribution < -0.4 is 5.43 Å². The lowest BCUT2D eigenvalue weighted by molar-refractivity contribution is -0.118. The summed E-state index contributed by atoms with van der Waals surface area (Å²) in [7, 11) is 0. The van der Waals surface area contributed by atoms with Crippen LogP contribution in [0.3, 0.4) is 0 Å². The second kappa shape index (κ2) is 10.9. The molecule has 2 N–H and O–H groups in total. The fraction of sp³-hybridized carbons (Fsp3) is 0.0714. The number of rotatable bonds is 7. The molecule has 37 heavy (non-hydrogen) atoms. The highest BCUT2D eigenvalue weighted by atomic mass is 35.5. The van der Waals surface area contributed by atoms with E-state index in [0.29, 0.717) is 21.6 Å². The van der Waals surface area contributed by atoms with E-state index in [4.69, 9.17) is 11.6 Å². The highest BCUT2D eigenvalue weighted by Crippen LogP contribution is 2.29. The molecule has 184 valence electrons. The van der Waals surface area contributed by atoms with E-state index in [0.717, 1.165) is 27.6 Å². The van der Waals surface area contributed by atoms with Gasteiger partial charge in [0.05, 0.1) is 12.0 Å². The summed E-state index contributed by atoms with van der Waals surface area (Å²) in [6.07, 6.45) is 1.45. The number of halogens is 1. The molecular weight excluding hydrogens is 506 g/mol. The van der Waals surface area contributed by atoms with Crippen molar-refractivity contribution in [2.75, 3.05) is 5.75 Å². The number of amides is 1. The second-order valence-corrected chi connectivity index (χ2v) is 9.66. The number of benzene rings is 4. The smallest absolute Gasteiger partial charge is 0.250 e. The highest BCUT2D eigenvalue weighted by Gasteiger charge is 2.17. The molecular formula is C28H22ClN5O2S. The summed E-state index contributed by atoms with van der Waals surface area (Å²) >= 11 is 7.32.